The number of hydrogen-bond donors (Lipinski definition) is 2. The van der Waals surface area contributed by atoms with Gasteiger partial charge < -0.3 is 10.6 Å². The third-order valence-electron chi connectivity index (χ3n) is 4.98. The molecule has 1 saturated carbocycles. The van der Waals surface area contributed by atoms with Gasteiger partial charge in [0.15, 0.2) is 0 Å². The fraction of sp³-hybridized carbons (Fsp3) is 0.364. The highest BCUT2D eigenvalue weighted by atomic mass is 32.2. The number of rotatable bonds is 6. The van der Waals surface area contributed by atoms with Crippen LogP contribution >= 0.6 is 11.8 Å². The van der Waals surface area contributed by atoms with Gasteiger partial charge in [-0.25, -0.2) is 0 Å². The van der Waals surface area contributed by atoms with Crippen LogP contribution in [0.3, 0.4) is 0 Å². The highest BCUT2D eigenvalue weighted by Gasteiger charge is 2.31. The van der Waals surface area contributed by atoms with Gasteiger partial charge in [0, 0.05) is 10.9 Å². The average molecular weight is 433 g/mol. The number of carbonyl (C=O) groups is 1. The Kier molecular flexibility index (Phi) is 7.27. The van der Waals surface area contributed by atoms with Crippen LogP contribution in [0.5, 0.6) is 0 Å². The van der Waals surface area contributed by atoms with E-state index in [1.54, 1.807) is 24.3 Å². The van der Waals surface area contributed by atoms with Crippen LogP contribution in [0.25, 0.3) is 0 Å². The van der Waals surface area contributed by atoms with Crippen LogP contribution in [0.4, 0.5) is 24.5 Å². The average Bonchev–Trinajstić information content (AvgIpc) is 2.73. The molecule has 1 aliphatic rings. The minimum absolute atomic E-state index is 0.0977. The molecular formula is C22H22F3N3OS. The number of carbonyl (C=O) groups excluding carboxylic acids is 1. The van der Waals surface area contributed by atoms with Crippen LogP contribution in [0.15, 0.2) is 47.4 Å². The van der Waals surface area contributed by atoms with E-state index in [0.717, 1.165) is 44.2 Å². The molecule has 2 aromatic rings. The Balaban J connectivity index is 1.89. The largest absolute Gasteiger partial charge is 0.416 e. The Morgan fingerprint density at radius 2 is 1.83 bits per heavy atom. The molecule has 0 aromatic heterocycles. The van der Waals surface area contributed by atoms with Crippen LogP contribution in [-0.4, -0.2) is 17.7 Å². The van der Waals surface area contributed by atoms with Crippen molar-refractivity contribution in [1.29, 1.82) is 5.26 Å². The summed E-state index contributed by atoms with van der Waals surface area (Å²) in [5, 5.41) is 14.8. The van der Waals surface area contributed by atoms with Gasteiger partial charge in [0.05, 0.1) is 34.3 Å². The molecule has 2 N–H and O–H groups in total. The first-order valence-electron chi connectivity index (χ1n) is 9.76. The lowest BCUT2D eigenvalue weighted by atomic mass is 9.95. The Hall–Kier alpha value is -2.66. The molecule has 0 spiro atoms. The van der Waals surface area contributed by atoms with Crippen molar-refractivity contribution in [1.82, 2.24) is 0 Å². The first-order chi connectivity index (χ1) is 14.4. The standard InChI is InChI=1S/C22H22F3N3OS/c23-22(24,25)15-10-11-18(27-16-6-2-1-3-7-16)19(14-15)28-21(29)17-8-4-5-9-20(17)30-13-12-26/h4-5,8-11,14,16,27H,1-3,6-7,13H2,(H,28,29). The van der Waals surface area contributed by atoms with Crippen molar-refractivity contribution in [2.75, 3.05) is 16.4 Å². The lowest BCUT2D eigenvalue weighted by molar-refractivity contribution is -0.137. The second-order valence-corrected chi connectivity index (χ2v) is 8.15. The van der Waals surface area contributed by atoms with Crippen LogP contribution in [0.1, 0.15) is 48.0 Å². The van der Waals surface area contributed by atoms with Crippen LogP contribution < -0.4 is 10.6 Å². The van der Waals surface area contributed by atoms with Crippen molar-refractivity contribution < 1.29 is 18.0 Å². The summed E-state index contributed by atoms with van der Waals surface area (Å²) < 4.78 is 39.8. The van der Waals surface area contributed by atoms with E-state index < -0.39 is 17.6 Å². The highest BCUT2D eigenvalue weighted by molar-refractivity contribution is 7.99. The third-order valence-corrected chi connectivity index (χ3v) is 5.92. The molecule has 30 heavy (non-hydrogen) atoms. The molecule has 0 heterocycles. The zero-order valence-corrected chi connectivity index (χ0v) is 17.1. The predicted octanol–water partition coefficient (Wildman–Crippen LogP) is 6.32. The number of amides is 1. The summed E-state index contributed by atoms with van der Waals surface area (Å²) in [5.41, 5.74) is 0.0730. The number of hydrogen-bond acceptors (Lipinski definition) is 4. The van der Waals surface area contributed by atoms with Crippen LogP contribution in [0, 0.1) is 11.3 Å². The Morgan fingerprint density at radius 3 is 2.53 bits per heavy atom. The number of nitrogens with one attached hydrogen (secondary N) is 2. The molecule has 1 amide bonds. The van der Waals surface area contributed by atoms with Crippen molar-refractivity contribution in [2.45, 2.75) is 49.2 Å². The van der Waals surface area contributed by atoms with Gasteiger partial charge in [-0.15, -0.1) is 11.8 Å². The number of alkyl halides is 3. The first-order valence-corrected chi connectivity index (χ1v) is 10.7. The summed E-state index contributed by atoms with van der Waals surface area (Å²) in [6, 6.07) is 12.3. The predicted molar refractivity (Wildman–Crippen MR) is 113 cm³/mol. The van der Waals surface area contributed by atoms with Gasteiger partial charge in [0.25, 0.3) is 5.91 Å². The van der Waals surface area contributed by atoms with E-state index >= 15 is 0 Å². The summed E-state index contributed by atoms with van der Waals surface area (Å²) >= 11 is 1.21. The Morgan fingerprint density at radius 1 is 1.10 bits per heavy atom. The second-order valence-electron chi connectivity index (χ2n) is 7.13. The molecule has 0 radical (unpaired) electrons. The van der Waals surface area contributed by atoms with E-state index in [1.807, 2.05) is 6.07 Å². The molecule has 8 heteroatoms. The summed E-state index contributed by atoms with van der Waals surface area (Å²) in [7, 11) is 0. The van der Waals surface area contributed by atoms with Crippen LogP contribution in [-0.2, 0) is 6.18 Å². The zero-order valence-electron chi connectivity index (χ0n) is 16.3. The van der Waals surface area contributed by atoms with E-state index in [4.69, 9.17) is 5.26 Å². The maximum absolute atomic E-state index is 13.3. The van der Waals surface area contributed by atoms with Gasteiger partial charge in [-0.05, 0) is 43.2 Å². The molecule has 0 unspecified atom stereocenters. The van der Waals surface area contributed by atoms with Gasteiger partial charge in [0.2, 0.25) is 0 Å². The number of thioether (sulfide) groups is 1. The molecule has 0 bridgehead atoms. The van der Waals surface area contributed by atoms with Crippen molar-refractivity contribution in [3.63, 3.8) is 0 Å². The van der Waals surface area contributed by atoms with E-state index in [-0.39, 0.29) is 17.5 Å². The van der Waals surface area contributed by atoms with Crippen molar-refractivity contribution in [3.8, 4) is 6.07 Å². The van der Waals surface area contributed by atoms with Crippen molar-refractivity contribution in [2.24, 2.45) is 0 Å². The normalized spacial score (nSPS) is 14.7. The smallest absolute Gasteiger partial charge is 0.381 e. The molecule has 2 aromatic carbocycles. The second kappa shape index (κ2) is 9.90. The quantitative estimate of drug-likeness (QED) is 0.524. The highest BCUT2D eigenvalue weighted by Crippen LogP contribution is 2.35. The third kappa shape index (κ3) is 5.70. The maximum atomic E-state index is 13.3. The number of anilines is 2. The fourth-order valence-electron chi connectivity index (χ4n) is 3.50. The van der Waals surface area contributed by atoms with Gasteiger partial charge in [-0.3, -0.25) is 4.79 Å². The summed E-state index contributed by atoms with van der Waals surface area (Å²) in [5.74, 6) is -0.343. The zero-order chi connectivity index (χ0) is 21.6. The topological polar surface area (TPSA) is 64.9 Å². The van der Waals surface area contributed by atoms with Gasteiger partial charge in [0.1, 0.15) is 0 Å². The summed E-state index contributed by atoms with van der Waals surface area (Å²) in [6.45, 7) is 0. The molecule has 4 nitrogen and oxygen atoms in total. The maximum Gasteiger partial charge on any atom is 0.416 e. The monoisotopic (exact) mass is 433 g/mol. The van der Waals surface area contributed by atoms with Crippen molar-refractivity contribution in [3.05, 3.63) is 53.6 Å². The van der Waals surface area contributed by atoms with Crippen LogP contribution in [0.2, 0.25) is 0 Å². The van der Waals surface area contributed by atoms with Gasteiger partial charge in [-0.1, -0.05) is 31.4 Å². The van der Waals surface area contributed by atoms with E-state index in [1.165, 1.54) is 17.8 Å². The van der Waals surface area contributed by atoms with Crippen molar-refractivity contribution >= 4 is 29.0 Å². The fourth-order valence-corrected chi connectivity index (χ4v) is 4.21. The van der Waals surface area contributed by atoms with E-state index in [0.29, 0.717) is 16.1 Å². The molecular weight excluding hydrogens is 411 g/mol. The molecule has 1 aliphatic carbocycles. The molecule has 3 rings (SSSR count). The van der Waals surface area contributed by atoms with Gasteiger partial charge in [-0.2, -0.15) is 18.4 Å². The Bertz CT molecular complexity index is 934. The van der Waals surface area contributed by atoms with Gasteiger partial charge >= 0.3 is 6.18 Å². The van der Waals surface area contributed by atoms with E-state index in [2.05, 4.69) is 10.6 Å². The molecule has 0 aliphatic heterocycles. The molecule has 0 atom stereocenters. The number of nitrogens with zero attached hydrogens (tertiary/aromatic N) is 1. The number of halogens is 3. The SMILES string of the molecule is N#CCSc1ccccc1C(=O)Nc1cc(C(F)(F)F)ccc1NC1CCCCC1. The number of benzene rings is 2. The minimum atomic E-state index is -4.51. The number of nitriles is 1. The summed E-state index contributed by atoms with van der Waals surface area (Å²) in [4.78, 5) is 13.5. The molecule has 1 fully saturated rings. The molecule has 0 saturated heterocycles. The summed E-state index contributed by atoms with van der Waals surface area (Å²) in [6.07, 6.45) is 0.687. The first kappa shape index (κ1) is 22.0. The lowest BCUT2D eigenvalue weighted by Crippen LogP contribution is -2.24. The lowest BCUT2D eigenvalue weighted by Gasteiger charge is -2.25. The van der Waals surface area contributed by atoms with E-state index in [9.17, 15) is 18.0 Å². The minimum Gasteiger partial charge on any atom is -0.381 e. The Labute approximate surface area is 177 Å². The molecule has 158 valence electrons.